The van der Waals surface area contributed by atoms with Gasteiger partial charge in [-0.3, -0.25) is 0 Å². The minimum Gasteiger partial charge on any atom is -0.239 e. The lowest BCUT2D eigenvalue weighted by molar-refractivity contribution is 0.601. The van der Waals surface area contributed by atoms with Crippen molar-refractivity contribution in [3.63, 3.8) is 0 Å². The molecule has 0 fully saturated rings. The highest BCUT2D eigenvalue weighted by atomic mass is 79.9. The van der Waals surface area contributed by atoms with Gasteiger partial charge in [0.25, 0.3) is 0 Å². The van der Waals surface area contributed by atoms with E-state index in [1.807, 2.05) is 12.1 Å². The summed E-state index contributed by atoms with van der Waals surface area (Å²) in [6, 6.07) is 15.3. The molecule has 0 unspecified atom stereocenters. The first-order chi connectivity index (χ1) is 13.3. The van der Waals surface area contributed by atoms with Gasteiger partial charge in [0.2, 0.25) is 0 Å². The van der Waals surface area contributed by atoms with Gasteiger partial charge in [-0.25, -0.2) is 17.8 Å². The molecule has 142 valence electrons. The van der Waals surface area contributed by atoms with Gasteiger partial charge >= 0.3 is 0 Å². The third-order valence-electron chi connectivity index (χ3n) is 4.20. The van der Waals surface area contributed by atoms with Gasteiger partial charge in [-0.2, -0.15) is 5.26 Å². The summed E-state index contributed by atoms with van der Waals surface area (Å²) in [5, 5.41) is 9.33. The van der Waals surface area contributed by atoms with Crippen LogP contribution in [0.15, 0.2) is 65.2 Å². The molecule has 2 aromatic carbocycles. The van der Waals surface area contributed by atoms with Crippen LogP contribution in [0.4, 0.5) is 4.39 Å². The molecule has 0 aliphatic carbocycles. The number of nitriles is 1. The monoisotopic (exact) mass is 458 g/mol. The third-order valence-corrected chi connectivity index (χ3v) is 5.66. The Hall–Kier alpha value is -2.56. The number of rotatable bonds is 4. The standard InChI is InChI=1S/C21H16BrFN2O2S/c1-28(26,27)13-14-2-4-15(5-3-14)19-11-8-17(12-24)21(22)25-20(19)16-6-9-18(23)10-7-16/h2-10H,11,13H2,1H3. The molecule has 1 aliphatic heterocycles. The Balaban J connectivity index is 2.12. The molecule has 7 heteroatoms. The van der Waals surface area contributed by atoms with E-state index in [0.29, 0.717) is 27.9 Å². The van der Waals surface area contributed by atoms with Crippen LogP contribution in [0.3, 0.4) is 0 Å². The minimum absolute atomic E-state index is 0.0284. The second kappa shape index (κ2) is 8.21. The lowest BCUT2D eigenvalue weighted by Gasteiger charge is -2.12. The number of benzene rings is 2. The molecule has 0 bridgehead atoms. The molecular weight excluding hydrogens is 443 g/mol. The Kier molecular flexibility index (Phi) is 5.92. The van der Waals surface area contributed by atoms with Crippen LogP contribution < -0.4 is 0 Å². The largest absolute Gasteiger partial charge is 0.239 e. The van der Waals surface area contributed by atoms with E-state index in [1.54, 1.807) is 30.3 Å². The molecule has 1 aliphatic rings. The van der Waals surface area contributed by atoms with Crippen molar-refractivity contribution in [3.8, 4) is 6.07 Å². The summed E-state index contributed by atoms with van der Waals surface area (Å²) >= 11 is 3.35. The van der Waals surface area contributed by atoms with Gasteiger partial charge in [-0.15, -0.1) is 0 Å². The maximum atomic E-state index is 13.4. The first kappa shape index (κ1) is 20.2. The summed E-state index contributed by atoms with van der Waals surface area (Å²) in [5.74, 6) is -0.372. The molecular formula is C21H16BrFN2O2S. The first-order valence-electron chi connectivity index (χ1n) is 8.38. The Bertz CT molecular complexity index is 1140. The fourth-order valence-corrected chi connectivity index (χ4v) is 4.13. The molecule has 0 spiro atoms. The SMILES string of the molecule is CS(=O)(=O)Cc1ccc(C2=C(c3ccc(F)cc3)N=C(Br)C(C#N)=CC2)cc1. The van der Waals surface area contributed by atoms with Crippen molar-refractivity contribution in [1.29, 1.82) is 5.26 Å². The molecule has 0 radical (unpaired) electrons. The second-order valence-corrected chi connectivity index (χ2v) is 9.33. The van der Waals surface area contributed by atoms with E-state index in [4.69, 9.17) is 0 Å². The van der Waals surface area contributed by atoms with Crippen molar-refractivity contribution >= 4 is 41.7 Å². The maximum absolute atomic E-state index is 13.4. The van der Waals surface area contributed by atoms with E-state index in [-0.39, 0.29) is 11.6 Å². The number of aliphatic imine (C=N–C) groups is 1. The lowest BCUT2D eigenvalue weighted by Crippen LogP contribution is -2.00. The van der Waals surface area contributed by atoms with Crippen molar-refractivity contribution in [2.45, 2.75) is 12.2 Å². The van der Waals surface area contributed by atoms with Crippen molar-refractivity contribution < 1.29 is 12.8 Å². The summed E-state index contributed by atoms with van der Waals surface area (Å²) in [6.07, 6.45) is 3.44. The van der Waals surface area contributed by atoms with E-state index in [2.05, 4.69) is 27.0 Å². The van der Waals surface area contributed by atoms with Gasteiger partial charge in [0.05, 0.1) is 17.0 Å². The van der Waals surface area contributed by atoms with E-state index in [0.717, 1.165) is 16.7 Å². The van der Waals surface area contributed by atoms with E-state index < -0.39 is 9.84 Å². The summed E-state index contributed by atoms with van der Waals surface area (Å²) in [5.41, 5.74) is 4.19. The molecule has 0 saturated carbocycles. The van der Waals surface area contributed by atoms with E-state index >= 15 is 0 Å². The second-order valence-electron chi connectivity index (χ2n) is 6.44. The van der Waals surface area contributed by atoms with Crippen LogP contribution in [0.1, 0.15) is 23.1 Å². The Morgan fingerprint density at radius 3 is 2.29 bits per heavy atom. The molecule has 2 aromatic rings. The van der Waals surface area contributed by atoms with Gasteiger partial charge in [0.15, 0.2) is 9.84 Å². The highest BCUT2D eigenvalue weighted by Gasteiger charge is 2.17. The van der Waals surface area contributed by atoms with E-state index in [1.165, 1.54) is 18.4 Å². The molecule has 4 nitrogen and oxygen atoms in total. The normalized spacial score (nSPS) is 14.8. The zero-order chi connectivity index (χ0) is 20.3. The predicted molar refractivity (Wildman–Crippen MR) is 113 cm³/mol. The minimum atomic E-state index is -3.12. The molecule has 0 atom stereocenters. The number of hydrogen-bond acceptors (Lipinski definition) is 4. The maximum Gasteiger partial charge on any atom is 0.151 e. The van der Waals surface area contributed by atoms with Crippen LogP contribution in [-0.4, -0.2) is 19.3 Å². The summed E-state index contributed by atoms with van der Waals surface area (Å²) < 4.78 is 36.8. The fourth-order valence-electron chi connectivity index (χ4n) is 2.91. The molecule has 0 amide bonds. The summed E-state index contributed by atoms with van der Waals surface area (Å²) in [4.78, 5) is 4.57. The predicted octanol–water partition coefficient (Wildman–Crippen LogP) is 4.89. The van der Waals surface area contributed by atoms with Crippen molar-refractivity contribution in [2.24, 2.45) is 4.99 Å². The van der Waals surface area contributed by atoms with Gasteiger partial charge in [0.1, 0.15) is 16.5 Å². The van der Waals surface area contributed by atoms with Gasteiger partial charge in [-0.1, -0.05) is 30.3 Å². The average Bonchev–Trinajstić information content (AvgIpc) is 2.80. The van der Waals surface area contributed by atoms with Crippen LogP contribution >= 0.6 is 15.9 Å². The van der Waals surface area contributed by atoms with Crippen LogP contribution in [0, 0.1) is 17.1 Å². The average molecular weight is 459 g/mol. The molecule has 28 heavy (non-hydrogen) atoms. The number of sulfone groups is 1. The number of allylic oxidation sites excluding steroid dienone is 3. The van der Waals surface area contributed by atoms with Crippen molar-refractivity contribution in [2.75, 3.05) is 6.26 Å². The smallest absolute Gasteiger partial charge is 0.151 e. The van der Waals surface area contributed by atoms with E-state index in [9.17, 15) is 18.1 Å². The molecule has 0 N–H and O–H groups in total. The quantitative estimate of drug-likeness (QED) is 0.654. The van der Waals surface area contributed by atoms with Crippen molar-refractivity contribution in [1.82, 2.24) is 0 Å². The number of halogens is 2. The lowest BCUT2D eigenvalue weighted by atomic mass is 9.96. The fraction of sp³-hybridized carbons (Fsp3) is 0.143. The van der Waals surface area contributed by atoms with Crippen molar-refractivity contribution in [3.05, 3.63) is 82.7 Å². The zero-order valence-corrected chi connectivity index (χ0v) is 17.4. The molecule has 3 rings (SSSR count). The molecule has 0 aromatic heterocycles. The third kappa shape index (κ3) is 4.83. The Morgan fingerprint density at radius 2 is 1.71 bits per heavy atom. The first-order valence-corrected chi connectivity index (χ1v) is 11.2. The zero-order valence-electron chi connectivity index (χ0n) is 15.0. The van der Waals surface area contributed by atoms with Gasteiger partial charge < -0.3 is 0 Å². The molecule has 1 heterocycles. The van der Waals surface area contributed by atoms with Gasteiger partial charge in [0, 0.05) is 11.8 Å². The van der Waals surface area contributed by atoms with Crippen LogP contribution in [0.25, 0.3) is 11.3 Å². The number of hydrogen-bond donors (Lipinski definition) is 0. The highest BCUT2D eigenvalue weighted by molar-refractivity contribution is 9.18. The summed E-state index contributed by atoms with van der Waals surface area (Å²) in [6.45, 7) is 0. The van der Waals surface area contributed by atoms with Crippen LogP contribution in [-0.2, 0) is 15.6 Å². The topological polar surface area (TPSA) is 70.3 Å². The van der Waals surface area contributed by atoms with Gasteiger partial charge in [-0.05, 0) is 63.3 Å². The summed E-state index contributed by atoms with van der Waals surface area (Å²) in [7, 11) is -3.12. The molecule has 0 saturated heterocycles. The Labute approximate surface area is 171 Å². The van der Waals surface area contributed by atoms with Crippen LogP contribution in [0.5, 0.6) is 0 Å². The highest BCUT2D eigenvalue weighted by Crippen LogP contribution is 2.34. The van der Waals surface area contributed by atoms with Crippen LogP contribution in [0.2, 0.25) is 0 Å². The Morgan fingerprint density at radius 1 is 1.11 bits per heavy atom. The number of nitrogens with zero attached hydrogens (tertiary/aromatic N) is 2.